The van der Waals surface area contributed by atoms with Gasteiger partial charge in [-0.3, -0.25) is 4.79 Å². The van der Waals surface area contributed by atoms with E-state index in [9.17, 15) is 4.79 Å². The van der Waals surface area contributed by atoms with Gasteiger partial charge in [0.15, 0.2) is 0 Å². The zero-order valence-electron chi connectivity index (χ0n) is 10.8. The number of amides is 1. The van der Waals surface area contributed by atoms with E-state index in [0.29, 0.717) is 13.2 Å². The van der Waals surface area contributed by atoms with Crippen molar-refractivity contribution in [3.05, 3.63) is 0 Å². The van der Waals surface area contributed by atoms with E-state index in [-0.39, 0.29) is 11.5 Å². The zero-order valence-corrected chi connectivity index (χ0v) is 10.8. The van der Waals surface area contributed by atoms with Crippen molar-refractivity contribution in [3.63, 3.8) is 0 Å². The van der Waals surface area contributed by atoms with Gasteiger partial charge in [0.05, 0.1) is 18.8 Å². The summed E-state index contributed by atoms with van der Waals surface area (Å²) in [4.78, 5) is 13.9. The number of carbonyl (C=O) groups excluding carboxylic acids is 1. The predicted octanol–water partition coefficient (Wildman–Crippen LogP) is 1.16. The number of ether oxygens (including phenoxy) is 1. The van der Waals surface area contributed by atoms with E-state index in [2.05, 4.69) is 5.32 Å². The van der Waals surface area contributed by atoms with E-state index in [1.165, 1.54) is 25.7 Å². The van der Waals surface area contributed by atoms with Crippen LogP contribution in [0.3, 0.4) is 0 Å². The highest BCUT2D eigenvalue weighted by atomic mass is 16.5. The molecule has 0 unspecified atom stereocenters. The third kappa shape index (κ3) is 3.19. The van der Waals surface area contributed by atoms with E-state index in [1.807, 2.05) is 11.9 Å². The van der Waals surface area contributed by atoms with Crippen molar-refractivity contribution in [3.8, 4) is 0 Å². The van der Waals surface area contributed by atoms with Crippen molar-refractivity contribution in [1.29, 1.82) is 0 Å². The number of likely N-dealkylation sites (N-methyl/N-ethyl adjacent to an activating group) is 1. The summed E-state index contributed by atoms with van der Waals surface area (Å²) in [6.45, 7) is 2.70. The number of morpholine rings is 1. The van der Waals surface area contributed by atoms with Crippen LogP contribution in [0.5, 0.6) is 0 Å². The molecular weight excluding hydrogens is 216 g/mol. The molecule has 17 heavy (non-hydrogen) atoms. The van der Waals surface area contributed by atoms with Gasteiger partial charge in [0.1, 0.15) is 0 Å². The molecule has 0 bridgehead atoms. The molecule has 0 aromatic heterocycles. The van der Waals surface area contributed by atoms with Gasteiger partial charge in [-0.05, 0) is 19.9 Å². The molecule has 0 aromatic carbocycles. The average Bonchev–Trinajstić information content (AvgIpc) is 2.55. The van der Waals surface area contributed by atoms with E-state index >= 15 is 0 Å². The standard InChI is InChI=1S/C13H24N2O2/c1-14-10-12(16)15-8-9-17-13(11-15)6-4-2-3-5-7-13/h14H,2-11H2,1H3. The molecule has 1 amide bonds. The summed E-state index contributed by atoms with van der Waals surface area (Å²) in [5.41, 5.74) is -0.0296. The second kappa shape index (κ2) is 5.83. The largest absolute Gasteiger partial charge is 0.371 e. The highest BCUT2D eigenvalue weighted by Gasteiger charge is 2.38. The van der Waals surface area contributed by atoms with Crippen molar-refractivity contribution < 1.29 is 9.53 Å². The van der Waals surface area contributed by atoms with E-state index in [4.69, 9.17) is 4.74 Å². The predicted molar refractivity (Wildman–Crippen MR) is 66.9 cm³/mol. The van der Waals surface area contributed by atoms with Crippen molar-refractivity contribution >= 4 is 5.91 Å². The fraction of sp³-hybridized carbons (Fsp3) is 0.923. The van der Waals surface area contributed by atoms with Crippen molar-refractivity contribution in [1.82, 2.24) is 10.2 Å². The molecule has 1 aliphatic carbocycles. The van der Waals surface area contributed by atoms with Gasteiger partial charge in [0, 0.05) is 13.1 Å². The van der Waals surface area contributed by atoms with Gasteiger partial charge in [-0.25, -0.2) is 0 Å². The molecule has 4 nitrogen and oxygen atoms in total. The molecule has 0 radical (unpaired) electrons. The highest BCUT2D eigenvalue weighted by molar-refractivity contribution is 5.78. The van der Waals surface area contributed by atoms with Crippen LogP contribution in [-0.4, -0.2) is 49.7 Å². The minimum absolute atomic E-state index is 0.0296. The number of rotatable bonds is 2. The molecule has 1 N–H and O–H groups in total. The summed E-state index contributed by atoms with van der Waals surface area (Å²) >= 11 is 0. The molecular formula is C13H24N2O2. The molecule has 98 valence electrons. The number of hydrogen-bond donors (Lipinski definition) is 1. The molecule has 1 saturated carbocycles. The lowest BCUT2D eigenvalue weighted by Gasteiger charge is -2.42. The summed E-state index contributed by atoms with van der Waals surface area (Å²) in [6, 6.07) is 0. The molecule has 2 rings (SSSR count). The van der Waals surface area contributed by atoms with Gasteiger partial charge in [-0.2, -0.15) is 0 Å². The van der Waals surface area contributed by atoms with Crippen LogP contribution in [0.1, 0.15) is 38.5 Å². The van der Waals surface area contributed by atoms with E-state index in [0.717, 1.165) is 25.9 Å². The van der Waals surface area contributed by atoms with E-state index < -0.39 is 0 Å². The molecule has 1 saturated heterocycles. The Hall–Kier alpha value is -0.610. The zero-order chi connectivity index (χ0) is 12.1. The second-order valence-electron chi connectivity index (χ2n) is 5.29. The first kappa shape index (κ1) is 12.8. The van der Waals surface area contributed by atoms with Crippen LogP contribution in [-0.2, 0) is 9.53 Å². The van der Waals surface area contributed by atoms with Crippen molar-refractivity contribution in [2.24, 2.45) is 0 Å². The SMILES string of the molecule is CNCC(=O)N1CCOC2(CCCCCC2)C1. The minimum Gasteiger partial charge on any atom is -0.371 e. The lowest BCUT2D eigenvalue weighted by molar-refractivity contribution is -0.152. The Morgan fingerprint density at radius 1 is 1.29 bits per heavy atom. The monoisotopic (exact) mass is 240 g/mol. The molecule has 0 atom stereocenters. The van der Waals surface area contributed by atoms with Gasteiger partial charge >= 0.3 is 0 Å². The van der Waals surface area contributed by atoms with Gasteiger partial charge in [-0.15, -0.1) is 0 Å². The fourth-order valence-corrected chi connectivity index (χ4v) is 3.00. The molecule has 1 spiro atoms. The third-order valence-corrected chi connectivity index (χ3v) is 3.94. The Morgan fingerprint density at radius 2 is 2.00 bits per heavy atom. The van der Waals surface area contributed by atoms with Crippen LogP contribution in [0.4, 0.5) is 0 Å². The van der Waals surface area contributed by atoms with Crippen LogP contribution in [0.15, 0.2) is 0 Å². The smallest absolute Gasteiger partial charge is 0.236 e. The molecule has 2 aliphatic rings. The third-order valence-electron chi connectivity index (χ3n) is 3.94. The summed E-state index contributed by atoms with van der Waals surface area (Å²) in [7, 11) is 1.82. The maximum Gasteiger partial charge on any atom is 0.236 e. The minimum atomic E-state index is -0.0296. The number of nitrogens with zero attached hydrogens (tertiary/aromatic N) is 1. The Balaban J connectivity index is 1.97. The number of hydrogen-bond acceptors (Lipinski definition) is 3. The Kier molecular flexibility index (Phi) is 4.40. The van der Waals surface area contributed by atoms with Crippen molar-refractivity contribution in [2.45, 2.75) is 44.1 Å². The lowest BCUT2D eigenvalue weighted by atomic mass is 9.92. The number of carbonyl (C=O) groups is 1. The maximum atomic E-state index is 11.9. The fourth-order valence-electron chi connectivity index (χ4n) is 3.00. The first-order valence-corrected chi connectivity index (χ1v) is 6.82. The summed E-state index contributed by atoms with van der Waals surface area (Å²) < 4.78 is 6.03. The first-order chi connectivity index (χ1) is 8.26. The summed E-state index contributed by atoms with van der Waals surface area (Å²) in [6.07, 6.45) is 7.36. The second-order valence-corrected chi connectivity index (χ2v) is 5.29. The normalized spacial score (nSPS) is 24.6. The topological polar surface area (TPSA) is 41.6 Å². The van der Waals surface area contributed by atoms with Crippen LogP contribution in [0.25, 0.3) is 0 Å². The molecule has 0 aromatic rings. The molecule has 2 fully saturated rings. The van der Waals surface area contributed by atoms with Gasteiger partial charge in [0.2, 0.25) is 5.91 Å². The van der Waals surface area contributed by atoms with E-state index in [1.54, 1.807) is 0 Å². The quantitative estimate of drug-likeness (QED) is 0.787. The first-order valence-electron chi connectivity index (χ1n) is 6.82. The van der Waals surface area contributed by atoms with Crippen LogP contribution in [0.2, 0.25) is 0 Å². The van der Waals surface area contributed by atoms with Gasteiger partial charge in [0.25, 0.3) is 0 Å². The number of nitrogens with one attached hydrogen (secondary N) is 1. The Morgan fingerprint density at radius 3 is 2.65 bits per heavy atom. The van der Waals surface area contributed by atoms with Crippen molar-refractivity contribution in [2.75, 3.05) is 33.3 Å². The van der Waals surface area contributed by atoms with Crippen LogP contribution < -0.4 is 5.32 Å². The van der Waals surface area contributed by atoms with Crippen LogP contribution in [0, 0.1) is 0 Å². The summed E-state index contributed by atoms with van der Waals surface area (Å²) in [5.74, 6) is 0.208. The Labute approximate surface area is 104 Å². The summed E-state index contributed by atoms with van der Waals surface area (Å²) in [5, 5.41) is 2.94. The lowest BCUT2D eigenvalue weighted by Crippen LogP contribution is -2.54. The highest BCUT2D eigenvalue weighted by Crippen LogP contribution is 2.33. The van der Waals surface area contributed by atoms with Gasteiger partial charge < -0.3 is 15.0 Å². The molecule has 1 heterocycles. The van der Waals surface area contributed by atoms with Gasteiger partial charge in [-0.1, -0.05) is 25.7 Å². The molecule has 4 heteroatoms. The Bertz CT molecular complexity index is 260. The average molecular weight is 240 g/mol. The molecule has 1 aliphatic heterocycles. The maximum absolute atomic E-state index is 11.9. The van der Waals surface area contributed by atoms with Crippen LogP contribution >= 0.6 is 0 Å².